The molecule has 0 spiro atoms. The predicted molar refractivity (Wildman–Crippen MR) is 61.9 cm³/mol. The Morgan fingerprint density at radius 2 is 2.50 bits per heavy atom. The molecule has 1 nitrogen and oxygen atoms in total. The molecule has 1 unspecified atom stereocenters. The van der Waals surface area contributed by atoms with Crippen molar-refractivity contribution in [3.05, 3.63) is 39.9 Å². The van der Waals surface area contributed by atoms with Crippen molar-refractivity contribution >= 4 is 22.9 Å². The largest absolute Gasteiger partial charge is 0.244 e. The topological polar surface area (TPSA) is 12.9 Å². The highest BCUT2D eigenvalue weighted by molar-refractivity contribution is 7.09. The van der Waals surface area contributed by atoms with Crippen molar-refractivity contribution in [1.29, 1.82) is 0 Å². The molecular weight excluding hydrogens is 214 g/mol. The number of halogens is 1. The van der Waals surface area contributed by atoms with Crippen LogP contribution in [0.3, 0.4) is 0 Å². The van der Waals surface area contributed by atoms with Gasteiger partial charge in [-0.25, -0.2) is 4.98 Å². The quantitative estimate of drug-likeness (QED) is 0.697. The molecule has 74 valence electrons. The van der Waals surface area contributed by atoms with E-state index in [0.717, 1.165) is 17.1 Å². The van der Waals surface area contributed by atoms with Gasteiger partial charge in [-0.15, -0.1) is 22.9 Å². The Balaban J connectivity index is 2.13. The van der Waals surface area contributed by atoms with E-state index in [9.17, 15) is 0 Å². The molecule has 0 aliphatic heterocycles. The molecule has 3 heteroatoms. The van der Waals surface area contributed by atoms with E-state index in [1.807, 2.05) is 0 Å². The molecule has 0 saturated carbocycles. The molecule has 0 radical (unpaired) electrons. The zero-order chi connectivity index (χ0) is 9.97. The molecule has 0 aromatic carbocycles. The number of allylic oxidation sites excluding steroid dienone is 4. The summed E-state index contributed by atoms with van der Waals surface area (Å²) in [6.45, 7) is 2.12. The van der Waals surface area contributed by atoms with Gasteiger partial charge in [0.1, 0.15) is 5.01 Å². The lowest BCUT2D eigenvalue weighted by atomic mass is 9.95. The van der Waals surface area contributed by atoms with Crippen LogP contribution in [0.2, 0.25) is 0 Å². The minimum Gasteiger partial charge on any atom is -0.244 e. The fraction of sp³-hybridized carbons (Fsp3) is 0.364. The third kappa shape index (κ3) is 2.07. The molecule has 0 bridgehead atoms. The van der Waals surface area contributed by atoms with Crippen molar-refractivity contribution in [2.45, 2.75) is 25.1 Å². The highest BCUT2D eigenvalue weighted by atomic mass is 35.5. The summed E-state index contributed by atoms with van der Waals surface area (Å²) in [4.78, 5) is 4.48. The van der Waals surface area contributed by atoms with Crippen LogP contribution >= 0.6 is 22.9 Å². The summed E-state index contributed by atoms with van der Waals surface area (Å²) in [5.74, 6) is 0.975. The third-order valence-corrected chi connectivity index (χ3v) is 3.63. The fourth-order valence-corrected chi connectivity index (χ4v) is 2.46. The van der Waals surface area contributed by atoms with Crippen molar-refractivity contribution in [3.63, 3.8) is 0 Å². The van der Waals surface area contributed by atoms with Crippen LogP contribution in [-0.2, 0) is 5.88 Å². The molecule has 1 atom stereocenters. The fourth-order valence-electron chi connectivity index (χ4n) is 1.50. The summed E-state index contributed by atoms with van der Waals surface area (Å²) in [5, 5.41) is 3.13. The Labute approximate surface area is 93.1 Å². The highest BCUT2D eigenvalue weighted by Crippen LogP contribution is 2.27. The molecule has 1 heterocycles. The Kier molecular flexibility index (Phi) is 3.04. The molecule has 1 aromatic rings. The van der Waals surface area contributed by atoms with E-state index in [1.165, 1.54) is 5.57 Å². The van der Waals surface area contributed by atoms with Crippen LogP contribution in [0.1, 0.15) is 30.0 Å². The van der Waals surface area contributed by atoms with Gasteiger partial charge in [-0.2, -0.15) is 0 Å². The van der Waals surface area contributed by atoms with Gasteiger partial charge in [0.25, 0.3) is 0 Å². The monoisotopic (exact) mass is 225 g/mol. The average molecular weight is 226 g/mol. The van der Waals surface area contributed by atoms with Gasteiger partial charge >= 0.3 is 0 Å². The lowest BCUT2D eigenvalue weighted by Gasteiger charge is -2.11. The minimum atomic E-state index is 0.451. The Bertz CT molecular complexity index is 378. The summed E-state index contributed by atoms with van der Waals surface area (Å²) in [6.07, 6.45) is 7.70. The van der Waals surface area contributed by atoms with E-state index in [0.29, 0.717) is 11.8 Å². The zero-order valence-electron chi connectivity index (χ0n) is 8.03. The average Bonchev–Trinajstić information content (AvgIpc) is 2.67. The maximum Gasteiger partial charge on any atom is 0.108 e. The van der Waals surface area contributed by atoms with E-state index >= 15 is 0 Å². The van der Waals surface area contributed by atoms with Crippen molar-refractivity contribution in [1.82, 2.24) is 4.98 Å². The summed E-state index contributed by atoms with van der Waals surface area (Å²) >= 11 is 7.37. The zero-order valence-corrected chi connectivity index (χ0v) is 9.61. The standard InChI is InChI=1S/C11H12ClNS/c1-8-2-4-9(5-3-8)10-7-14-11(6-12)13-10/h2-4,7,9H,5-6H2,1H3. The third-order valence-electron chi connectivity index (χ3n) is 2.35. The van der Waals surface area contributed by atoms with Crippen molar-refractivity contribution in [2.75, 3.05) is 0 Å². The van der Waals surface area contributed by atoms with Crippen molar-refractivity contribution < 1.29 is 0 Å². The first-order chi connectivity index (χ1) is 6.79. The summed E-state index contributed by atoms with van der Waals surface area (Å²) in [6, 6.07) is 0. The summed E-state index contributed by atoms with van der Waals surface area (Å²) < 4.78 is 0. The van der Waals surface area contributed by atoms with Gasteiger partial charge in [-0.05, 0) is 13.3 Å². The van der Waals surface area contributed by atoms with Gasteiger partial charge in [0.15, 0.2) is 0 Å². The van der Waals surface area contributed by atoms with Crippen LogP contribution in [0.25, 0.3) is 0 Å². The molecule has 0 fully saturated rings. The van der Waals surface area contributed by atoms with E-state index < -0.39 is 0 Å². The predicted octanol–water partition coefficient (Wildman–Crippen LogP) is 3.87. The van der Waals surface area contributed by atoms with Gasteiger partial charge < -0.3 is 0 Å². The normalized spacial score (nSPS) is 21.0. The Morgan fingerprint density at radius 3 is 3.07 bits per heavy atom. The molecule has 1 aliphatic rings. The van der Waals surface area contributed by atoms with Crippen molar-refractivity contribution in [3.8, 4) is 0 Å². The maximum absolute atomic E-state index is 5.72. The van der Waals surface area contributed by atoms with Gasteiger partial charge in [-0.3, -0.25) is 0 Å². The first-order valence-electron chi connectivity index (χ1n) is 4.65. The van der Waals surface area contributed by atoms with Crippen LogP contribution in [0.4, 0.5) is 0 Å². The second kappa shape index (κ2) is 4.28. The van der Waals surface area contributed by atoms with Crippen molar-refractivity contribution in [2.24, 2.45) is 0 Å². The number of alkyl halides is 1. The van der Waals surface area contributed by atoms with E-state index in [1.54, 1.807) is 11.3 Å². The first kappa shape index (κ1) is 9.94. The van der Waals surface area contributed by atoms with Crippen LogP contribution in [0, 0.1) is 0 Å². The molecule has 0 saturated heterocycles. The van der Waals surface area contributed by atoms with Gasteiger partial charge in [0, 0.05) is 11.3 Å². The van der Waals surface area contributed by atoms with Crippen LogP contribution < -0.4 is 0 Å². The molecule has 0 N–H and O–H groups in total. The lowest BCUT2D eigenvalue weighted by molar-refractivity contribution is 0.813. The molecule has 1 aliphatic carbocycles. The van der Waals surface area contributed by atoms with Gasteiger partial charge in [0.05, 0.1) is 11.6 Å². The number of hydrogen-bond donors (Lipinski definition) is 0. The molecule has 0 amide bonds. The summed E-state index contributed by atoms with van der Waals surface area (Å²) in [7, 11) is 0. The molecule has 14 heavy (non-hydrogen) atoms. The summed E-state index contributed by atoms with van der Waals surface area (Å²) in [5.41, 5.74) is 2.50. The SMILES string of the molecule is CC1=CCC(c2csc(CCl)n2)C=C1. The number of nitrogens with zero attached hydrogens (tertiary/aromatic N) is 1. The molecular formula is C11H12ClNS. The number of hydrogen-bond acceptors (Lipinski definition) is 2. The second-order valence-corrected chi connectivity index (χ2v) is 4.66. The maximum atomic E-state index is 5.72. The Morgan fingerprint density at radius 1 is 1.64 bits per heavy atom. The number of aromatic nitrogens is 1. The van der Waals surface area contributed by atoms with Crippen LogP contribution in [-0.4, -0.2) is 4.98 Å². The smallest absolute Gasteiger partial charge is 0.108 e. The Hall–Kier alpha value is -0.600. The number of rotatable bonds is 2. The second-order valence-electron chi connectivity index (χ2n) is 3.45. The van der Waals surface area contributed by atoms with E-state index in [4.69, 9.17) is 11.6 Å². The van der Waals surface area contributed by atoms with Crippen LogP contribution in [0.15, 0.2) is 29.2 Å². The highest BCUT2D eigenvalue weighted by Gasteiger charge is 2.13. The lowest BCUT2D eigenvalue weighted by Crippen LogP contribution is -1.98. The molecule has 1 aromatic heterocycles. The first-order valence-corrected chi connectivity index (χ1v) is 6.06. The van der Waals surface area contributed by atoms with E-state index in [2.05, 4.69) is 35.5 Å². The van der Waals surface area contributed by atoms with Gasteiger partial charge in [-0.1, -0.05) is 23.8 Å². The van der Waals surface area contributed by atoms with E-state index in [-0.39, 0.29) is 0 Å². The molecule has 2 rings (SSSR count). The minimum absolute atomic E-state index is 0.451. The number of thiazole rings is 1. The van der Waals surface area contributed by atoms with Gasteiger partial charge in [0.2, 0.25) is 0 Å². The van der Waals surface area contributed by atoms with Crippen LogP contribution in [0.5, 0.6) is 0 Å².